The average Bonchev–Trinajstić information content (AvgIpc) is 3.43. The van der Waals surface area contributed by atoms with Gasteiger partial charge in [0, 0.05) is 38.8 Å². The lowest BCUT2D eigenvalue weighted by atomic mass is 9.98. The van der Waals surface area contributed by atoms with Gasteiger partial charge in [-0.3, -0.25) is 14.7 Å². The molecule has 3 N–H and O–H groups in total. The second kappa shape index (κ2) is 9.38. The lowest BCUT2D eigenvalue weighted by Gasteiger charge is -2.36. The molecule has 0 aromatic carbocycles. The summed E-state index contributed by atoms with van der Waals surface area (Å²) in [5.41, 5.74) is -0.719. The summed E-state index contributed by atoms with van der Waals surface area (Å²) in [7, 11) is 0. The van der Waals surface area contributed by atoms with Crippen LogP contribution in [0.2, 0.25) is 0 Å². The number of carbonyl (C=O) groups excluding carboxylic acids is 1. The predicted molar refractivity (Wildman–Crippen MR) is 101 cm³/mol. The third-order valence-electron chi connectivity index (χ3n) is 5.16. The number of guanidine groups is 1. The molecule has 0 atom stereocenters. The van der Waals surface area contributed by atoms with E-state index in [-0.39, 0.29) is 5.91 Å². The van der Waals surface area contributed by atoms with Crippen LogP contribution in [0.15, 0.2) is 4.99 Å². The molecule has 0 radical (unpaired) electrons. The van der Waals surface area contributed by atoms with E-state index in [4.69, 9.17) is 0 Å². The van der Waals surface area contributed by atoms with Crippen molar-refractivity contribution in [3.05, 3.63) is 0 Å². The highest BCUT2D eigenvalue weighted by atomic mass is 16.3. The Kier molecular flexibility index (Phi) is 7.50. The van der Waals surface area contributed by atoms with Crippen LogP contribution in [-0.4, -0.2) is 84.2 Å². The van der Waals surface area contributed by atoms with Gasteiger partial charge in [-0.25, -0.2) is 0 Å². The number of aliphatic hydroxyl groups is 1. The topological polar surface area (TPSA) is 80.2 Å². The van der Waals surface area contributed by atoms with Crippen molar-refractivity contribution in [2.24, 2.45) is 4.99 Å². The summed E-state index contributed by atoms with van der Waals surface area (Å²) in [6.45, 7) is 11.2. The van der Waals surface area contributed by atoms with Crippen molar-refractivity contribution in [1.82, 2.24) is 20.4 Å². The van der Waals surface area contributed by atoms with Crippen molar-refractivity contribution >= 4 is 11.9 Å². The van der Waals surface area contributed by atoms with Gasteiger partial charge in [-0.15, -0.1) is 0 Å². The number of rotatable bonds is 8. The Morgan fingerprint density at radius 3 is 2.32 bits per heavy atom. The van der Waals surface area contributed by atoms with Gasteiger partial charge in [0.05, 0.1) is 18.7 Å². The normalized spacial score (nSPS) is 19.8. The van der Waals surface area contributed by atoms with Crippen molar-refractivity contribution in [2.45, 2.75) is 58.1 Å². The maximum Gasteiger partial charge on any atom is 0.234 e. The van der Waals surface area contributed by atoms with Gasteiger partial charge in [0.15, 0.2) is 5.96 Å². The second-order valence-corrected chi connectivity index (χ2v) is 7.21. The molecule has 1 saturated carbocycles. The number of piperazine rings is 1. The summed E-state index contributed by atoms with van der Waals surface area (Å²) in [5.74, 6) is 1.01. The Bertz CT molecular complexity index is 452. The van der Waals surface area contributed by atoms with Gasteiger partial charge in [0.2, 0.25) is 5.91 Å². The van der Waals surface area contributed by atoms with Crippen LogP contribution in [0, 0.1) is 0 Å². The molecule has 7 nitrogen and oxygen atoms in total. The summed E-state index contributed by atoms with van der Waals surface area (Å²) >= 11 is 0. The third kappa shape index (κ3) is 6.47. The van der Waals surface area contributed by atoms with E-state index in [1.807, 2.05) is 13.8 Å². The minimum absolute atomic E-state index is 0.146. The third-order valence-corrected chi connectivity index (χ3v) is 5.16. The molecule has 2 fully saturated rings. The standard InChI is InChI=1S/C18H35N5O2/c1-4-18(25,5-2)14-20-17(19-6-3)23-11-9-22(10-12-23)13-16(24)21-15-7-8-15/h15,25H,4-14H2,1-3H3,(H,19,20)(H,21,24). The predicted octanol–water partition coefficient (Wildman–Crippen LogP) is 0.399. The van der Waals surface area contributed by atoms with Crippen molar-refractivity contribution in [1.29, 1.82) is 0 Å². The van der Waals surface area contributed by atoms with E-state index in [1.54, 1.807) is 0 Å². The molecule has 1 aliphatic heterocycles. The van der Waals surface area contributed by atoms with Gasteiger partial charge in [-0.05, 0) is 32.6 Å². The number of nitrogens with zero attached hydrogens (tertiary/aromatic N) is 3. The van der Waals surface area contributed by atoms with Gasteiger partial charge < -0.3 is 20.6 Å². The summed E-state index contributed by atoms with van der Waals surface area (Å²) in [5, 5.41) is 16.8. The number of hydrogen-bond donors (Lipinski definition) is 3. The van der Waals surface area contributed by atoms with Gasteiger partial charge in [-0.2, -0.15) is 0 Å². The molecule has 1 aliphatic carbocycles. The maximum absolute atomic E-state index is 11.9. The van der Waals surface area contributed by atoms with Crippen LogP contribution in [0.3, 0.4) is 0 Å². The van der Waals surface area contributed by atoms with Crippen LogP contribution in [0.4, 0.5) is 0 Å². The molecule has 0 aromatic heterocycles. The first-order valence-electron chi connectivity index (χ1n) is 9.77. The second-order valence-electron chi connectivity index (χ2n) is 7.21. The van der Waals surface area contributed by atoms with E-state index in [2.05, 4.69) is 32.3 Å². The smallest absolute Gasteiger partial charge is 0.234 e. The Morgan fingerprint density at radius 1 is 1.16 bits per heavy atom. The Labute approximate surface area is 151 Å². The molecule has 144 valence electrons. The van der Waals surface area contributed by atoms with E-state index in [0.29, 0.717) is 32.0 Å². The Morgan fingerprint density at radius 2 is 1.80 bits per heavy atom. The molecule has 0 aromatic rings. The fourth-order valence-corrected chi connectivity index (χ4v) is 2.94. The van der Waals surface area contributed by atoms with E-state index in [0.717, 1.165) is 51.5 Å². The zero-order chi connectivity index (χ0) is 18.3. The maximum atomic E-state index is 11.9. The largest absolute Gasteiger partial charge is 0.388 e. The number of hydrogen-bond acceptors (Lipinski definition) is 4. The Balaban J connectivity index is 1.83. The summed E-state index contributed by atoms with van der Waals surface area (Å²) in [6, 6.07) is 0.428. The number of carbonyl (C=O) groups is 1. The quantitative estimate of drug-likeness (QED) is 0.435. The fraction of sp³-hybridized carbons (Fsp3) is 0.889. The molecule has 0 spiro atoms. The number of aliphatic imine (C=N–C) groups is 1. The number of amides is 1. The summed E-state index contributed by atoms with van der Waals surface area (Å²) < 4.78 is 0. The minimum Gasteiger partial charge on any atom is -0.388 e. The van der Waals surface area contributed by atoms with Gasteiger partial charge >= 0.3 is 0 Å². The van der Waals surface area contributed by atoms with E-state index >= 15 is 0 Å². The first kappa shape index (κ1) is 20.0. The minimum atomic E-state index is -0.719. The van der Waals surface area contributed by atoms with Crippen LogP contribution < -0.4 is 10.6 Å². The zero-order valence-corrected chi connectivity index (χ0v) is 16.1. The van der Waals surface area contributed by atoms with Crippen molar-refractivity contribution in [3.8, 4) is 0 Å². The van der Waals surface area contributed by atoms with Crippen molar-refractivity contribution in [2.75, 3.05) is 45.8 Å². The molecule has 7 heteroatoms. The average molecular weight is 354 g/mol. The van der Waals surface area contributed by atoms with Crippen LogP contribution in [0.5, 0.6) is 0 Å². The molecule has 0 unspecified atom stereocenters. The molecule has 25 heavy (non-hydrogen) atoms. The molecular formula is C18H35N5O2. The van der Waals surface area contributed by atoms with Crippen LogP contribution in [-0.2, 0) is 4.79 Å². The van der Waals surface area contributed by atoms with Gasteiger partial charge in [-0.1, -0.05) is 13.8 Å². The number of nitrogens with one attached hydrogen (secondary N) is 2. The molecule has 0 bridgehead atoms. The zero-order valence-electron chi connectivity index (χ0n) is 16.1. The fourth-order valence-electron chi connectivity index (χ4n) is 2.94. The van der Waals surface area contributed by atoms with Crippen LogP contribution in [0.25, 0.3) is 0 Å². The lowest BCUT2D eigenvalue weighted by Crippen LogP contribution is -2.54. The van der Waals surface area contributed by atoms with Gasteiger partial charge in [0.25, 0.3) is 0 Å². The Hall–Kier alpha value is -1.34. The first-order valence-corrected chi connectivity index (χ1v) is 9.77. The molecule has 2 aliphatic rings. The van der Waals surface area contributed by atoms with Crippen LogP contribution in [0.1, 0.15) is 46.5 Å². The molecular weight excluding hydrogens is 318 g/mol. The van der Waals surface area contributed by atoms with Crippen molar-refractivity contribution < 1.29 is 9.90 Å². The summed E-state index contributed by atoms with van der Waals surface area (Å²) in [6.07, 6.45) is 3.67. The highest BCUT2D eigenvalue weighted by molar-refractivity contribution is 5.80. The molecule has 1 amide bonds. The molecule has 2 rings (SSSR count). The van der Waals surface area contributed by atoms with E-state index in [1.165, 1.54) is 0 Å². The molecule has 1 saturated heterocycles. The SMILES string of the molecule is CCNC(=NCC(O)(CC)CC)N1CCN(CC(=O)NC2CC2)CC1. The molecule has 1 heterocycles. The highest BCUT2D eigenvalue weighted by Gasteiger charge is 2.26. The lowest BCUT2D eigenvalue weighted by molar-refractivity contribution is -0.122. The van der Waals surface area contributed by atoms with E-state index < -0.39 is 5.60 Å². The first-order chi connectivity index (χ1) is 12.0. The van der Waals surface area contributed by atoms with Crippen molar-refractivity contribution in [3.63, 3.8) is 0 Å². The van der Waals surface area contributed by atoms with Gasteiger partial charge in [0.1, 0.15) is 0 Å². The van der Waals surface area contributed by atoms with E-state index in [9.17, 15) is 9.90 Å². The highest BCUT2D eigenvalue weighted by Crippen LogP contribution is 2.18. The van der Waals surface area contributed by atoms with Crippen LogP contribution >= 0.6 is 0 Å². The summed E-state index contributed by atoms with van der Waals surface area (Å²) in [4.78, 5) is 21.0. The monoisotopic (exact) mass is 353 g/mol.